The maximum atomic E-state index is 12.4. The van der Waals surface area contributed by atoms with E-state index >= 15 is 0 Å². The van der Waals surface area contributed by atoms with E-state index in [0.717, 1.165) is 32.1 Å². The van der Waals surface area contributed by atoms with Crippen molar-refractivity contribution in [3.8, 4) is 0 Å². The molecule has 0 aliphatic carbocycles. The molecule has 1 amide bonds. The lowest BCUT2D eigenvalue weighted by Crippen LogP contribution is -2.45. The third-order valence-electron chi connectivity index (χ3n) is 13.3. The van der Waals surface area contributed by atoms with Crippen molar-refractivity contribution >= 4 is 5.91 Å². The van der Waals surface area contributed by atoms with Crippen LogP contribution in [0.3, 0.4) is 0 Å². The Balaban J connectivity index is 3.36. The van der Waals surface area contributed by atoms with E-state index in [-0.39, 0.29) is 12.5 Å². The molecule has 0 saturated heterocycles. The average Bonchev–Trinajstić information content (AvgIpc) is 3.29. The molecule has 3 N–H and O–H groups in total. The molecule has 0 heterocycles. The van der Waals surface area contributed by atoms with Crippen LogP contribution in [0.1, 0.15) is 316 Å². The molecule has 0 aliphatic rings. The predicted molar refractivity (Wildman–Crippen MR) is 281 cm³/mol. The maximum absolute atomic E-state index is 12.4. The van der Waals surface area contributed by atoms with E-state index in [4.69, 9.17) is 0 Å². The van der Waals surface area contributed by atoms with Crippen LogP contribution in [-0.4, -0.2) is 34.9 Å². The van der Waals surface area contributed by atoms with Gasteiger partial charge in [0, 0.05) is 6.42 Å². The Morgan fingerprint density at radius 1 is 0.365 bits per heavy atom. The molecular formula is C59H113NO3. The molecule has 0 spiro atoms. The van der Waals surface area contributed by atoms with Gasteiger partial charge in [-0.05, 0) is 57.8 Å². The van der Waals surface area contributed by atoms with Crippen LogP contribution in [0.2, 0.25) is 0 Å². The molecule has 0 bridgehead atoms. The van der Waals surface area contributed by atoms with Crippen molar-refractivity contribution in [2.75, 3.05) is 6.61 Å². The number of unbranched alkanes of at least 4 members (excludes halogenated alkanes) is 42. The molecule has 2 unspecified atom stereocenters. The first-order valence-corrected chi connectivity index (χ1v) is 28.7. The van der Waals surface area contributed by atoms with Crippen LogP contribution < -0.4 is 5.32 Å². The van der Waals surface area contributed by atoms with Gasteiger partial charge in [-0.15, -0.1) is 0 Å². The SMILES string of the molecule is CCCCCCCC/C=C/CC/C=C/C(O)C(CO)NC(=O)CCCCCCCCCCCCCCCCCCCCCCCCCCCCC/C=C\CCCCCCCCCC. The van der Waals surface area contributed by atoms with Crippen LogP contribution in [0, 0.1) is 0 Å². The summed E-state index contributed by atoms with van der Waals surface area (Å²) in [5.74, 6) is -0.0698. The average molecular weight is 885 g/mol. The summed E-state index contributed by atoms with van der Waals surface area (Å²) in [5.41, 5.74) is 0. The Morgan fingerprint density at radius 2 is 0.619 bits per heavy atom. The van der Waals surface area contributed by atoms with Crippen LogP contribution in [-0.2, 0) is 4.79 Å². The normalized spacial score (nSPS) is 13.0. The summed E-state index contributed by atoms with van der Waals surface area (Å²) < 4.78 is 0. The van der Waals surface area contributed by atoms with Gasteiger partial charge >= 0.3 is 0 Å². The highest BCUT2D eigenvalue weighted by Gasteiger charge is 2.18. The van der Waals surface area contributed by atoms with Crippen LogP contribution in [0.25, 0.3) is 0 Å². The molecule has 2 atom stereocenters. The molecule has 63 heavy (non-hydrogen) atoms. The minimum absolute atomic E-state index is 0.0698. The second-order valence-corrected chi connectivity index (χ2v) is 19.7. The summed E-state index contributed by atoms with van der Waals surface area (Å²) in [6.07, 6.45) is 74.8. The first kappa shape index (κ1) is 61.6. The highest BCUT2D eigenvalue weighted by molar-refractivity contribution is 5.76. The molecule has 4 nitrogen and oxygen atoms in total. The fourth-order valence-electron chi connectivity index (χ4n) is 8.96. The summed E-state index contributed by atoms with van der Waals surface area (Å²) in [4.78, 5) is 12.4. The Labute approximate surface area is 395 Å². The first-order chi connectivity index (χ1) is 31.2. The number of hydrogen-bond acceptors (Lipinski definition) is 3. The lowest BCUT2D eigenvalue weighted by atomic mass is 10.0. The summed E-state index contributed by atoms with van der Waals surface area (Å²) in [6, 6.07) is -0.635. The Morgan fingerprint density at radius 3 is 0.921 bits per heavy atom. The minimum atomic E-state index is -0.859. The number of hydrogen-bond donors (Lipinski definition) is 3. The third-order valence-corrected chi connectivity index (χ3v) is 13.3. The van der Waals surface area contributed by atoms with Gasteiger partial charge < -0.3 is 15.5 Å². The number of carbonyl (C=O) groups excluding carboxylic acids is 1. The van der Waals surface area contributed by atoms with Gasteiger partial charge in [-0.3, -0.25) is 4.79 Å². The second-order valence-electron chi connectivity index (χ2n) is 19.7. The van der Waals surface area contributed by atoms with E-state index in [1.807, 2.05) is 6.08 Å². The van der Waals surface area contributed by atoms with Gasteiger partial charge in [-0.1, -0.05) is 288 Å². The van der Waals surface area contributed by atoms with Gasteiger partial charge in [0.15, 0.2) is 0 Å². The Kier molecular flexibility index (Phi) is 53.7. The topological polar surface area (TPSA) is 69.6 Å². The number of nitrogens with one attached hydrogen (secondary N) is 1. The van der Waals surface area contributed by atoms with Crippen molar-refractivity contribution in [3.63, 3.8) is 0 Å². The zero-order valence-electron chi connectivity index (χ0n) is 42.9. The van der Waals surface area contributed by atoms with Crippen molar-refractivity contribution in [3.05, 3.63) is 36.5 Å². The van der Waals surface area contributed by atoms with Crippen molar-refractivity contribution in [1.29, 1.82) is 0 Å². The number of aliphatic hydroxyl groups is 2. The highest BCUT2D eigenvalue weighted by Crippen LogP contribution is 2.17. The van der Waals surface area contributed by atoms with Crippen LogP contribution >= 0.6 is 0 Å². The van der Waals surface area contributed by atoms with E-state index in [1.165, 1.54) is 263 Å². The van der Waals surface area contributed by atoms with Gasteiger partial charge in [-0.25, -0.2) is 0 Å². The largest absolute Gasteiger partial charge is 0.394 e. The van der Waals surface area contributed by atoms with Gasteiger partial charge in [0.05, 0.1) is 18.8 Å². The molecule has 0 aromatic heterocycles. The number of rotatable bonds is 53. The fourth-order valence-corrected chi connectivity index (χ4v) is 8.96. The second kappa shape index (κ2) is 54.9. The molecule has 0 saturated carbocycles. The van der Waals surface area contributed by atoms with Crippen LogP contribution in [0.4, 0.5) is 0 Å². The zero-order chi connectivity index (χ0) is 45.6. The van der Waals surface area contributed by atoms with Crippen molar-refractivity contribution in [2.24, 2.45) is 0 Å². The lowest BCUT2D eigenvalue weighted by Gasteiger charge is -2.19. The molecule has 0 fully saturated rings. The van der Waals surface area contributed by atoms with Crippen LogP contribution in [0.5, 0.6) is 0 Å². The molecule has 0 aromatic rings. The number of allylic oxidation sites excluding steroid dienone is 5. The minimum Gasteiger partial charge on any atom is -0.394 e. The first-order valence-electron chi connectivity index (χ1n) is 28.7. The zero-order valence-corrected chi connectivity index (χ0v) is 42.9. The summed E-state index contributed by atoms with van der Waals surface area (Å²) >= 11 is 0. The van der Waals surface area contributed by atoms with Gasteiger partial charge in [0.25, 0.3) is 0 Å². The molecule has 4 heteroatoms. The van der Waals surface area contributed by atoms with E-state index in [1.54, 1.807) is 6.08 Å². The third kappa shape index (κ3) is 51.5. The number of aliphatic hydroxyl groups excluding tert-OH is 2. The van der Waals surface area contributed by atoms with E-state index in [2.05, 4.69) is 43.5 Å². The Bertz CT molecular complexity index is 958. The Hall–Kier alpha value is -1.39. The maximum Gasteiger partial charge on any atom is 0.220 e. The monoisotopic (exact) mass is 884 g/mol. The smallest absolute Gasteiger partial charge is 0.220 e. The van der Waals surface area contributed by atoms with Crippen molar-refractivity contribution in [1.82, 2.24) is 5.32 Å². The van der Waals surface area contributed by atoms with Gasteiger partial charge in [0.2, 0.25) is 5.91 Å². The van der Waals surface area contributed by atoms with E-state index in [0.29, 0.717) is 6.42 Å². The van der Waals surface area contributed by atoms with Gasteiger partial charge in [0.1, 0.15) is 0 Å². The predicted octanol–water partition coefficient (Wildman–Crippen LogP) is 18.9. The molecule has 372 valence electrons. The van der Waals surface area contributed by atoms with Crippen molar-refractivity contribution in [2.45, 2.75) is 328 Å². The summed E-state index contributed by atoms with van der Waals surface area (Å²) in [5, 5.41) is 23.0. The molecule has 0 rings (SSSR count). The highest BCUT2D eigenvalue weighted by atomic mass is 16.3. The summed E-state index contributed by atoms with van der Waals surface area (Å²) in [6.45, 7) is 4.30. The van der Waals surface area contributed by atoms with Gasteiger partial charge in [-0.2, -0.15) is 0 Å². The standard InChI is InChI=1S/C59H113NO3/c1-3-5-7-9-11-13-15-17-18-19-20-21-22-23-24-25-26-27-28-29-30-31-32-33-34-35-36-37-38-39-40-41-42-43-45-47-49-51-53-55-59(63)60-57(56-61)58(62)54-52-50-48-46-44-16-14-12-10-8-6-4-2/h19-20,44,46,52,54,57-58,61-62H,3-18,21-43,45,47-51,53,55-56H2,1-2H3,(H,60,63)/b20-19-,46-44+,54-52+. The lowest BCUT2D eigenvalue weighted by molar-refractivity contribution is -0.123. The molecular weight excluding hydrogens is 771 g/mol. The van der Waals surface area contributed by atoms with E-state index < -0.39 is 12.1 Å². The summed E-state index contributed by atoms with van der Waals surface area (Å²) in [7, 11) is 0. The molecule has 0 aromatic carbocycles. The molecule has 0 aliphatic heterocycles. The van der Waals surface area contributed by atoms with Crippen molar-refractivity contribution < 1.29 is 15.0 Å². The number of carbonyl (C=O) groups is 1. The fraction of sp³-hybridized carbons (Fsp3) is 0.881. The quantitative estimate of drug-likeness (QED) is 0.0421. The van der Waals surface area contributed by atoms with E-state index in [9.17, 15) is 15.0 Å². The van der Waals surface area contributed by atoms with Crippen LogP contribution in [0.15, 0.2) is 36.5 Å². The number of amides is 1. The molecule has 0 radical (unpaired) electrons.